The predicted molar refractivity (Wildman–Crippen MR) is 86.7 cm³/mol. The maximum absolute atomic E-state index is 5.34. The standard InChI is InChI=1S/C17H25N3O/c1-3-21-13-7-10-18-17-19-11-12-20(17)15(2)14-16-8-5-4-6-9-16/h4-6,8-9,11-12,15H,3,7,10,13-14H2,1-2H3,(H,18,19). The summed E-state index contributed by atoms with van der Waals surface area (Å²) in [6.07, 6.45) is 5.89. The van der Waals surface area contributed by atoms with E-state index in [1.807, 2.05) is 19.3 Å². The highest BCUT2D eigenvalue weighted by Gasteiger charge is 2.10. The lowest BCUT2D eigenvalue weighted by Crippen LogP contribution is -2.14. The van der Waals surface area contributed by atoms with Gasteiger partial charge in [0, 0.05) is 38.2 Å². The minimum Gasteiger partial charge on any atom is -0.382 e. The van der Waals surface area contributed by atoms with Crippen molar-refractivity contribution in [1.82, 2.24) is 9.55 Å². The number of imidazole rings is 1. The molecular formula is C17H25N3O. The van der Waals surface area contributed by atoms with Gasteiger partial charge >= 0.3 is 0 Å². The van der Waals surface area contributed by atoms with Crippen molar-refractivity contribution in [2.45, 2.75) is 32.7 Å². The SMILES string of the molecule is CCOCCCNc1nccn1C(C)Cc1ccccc1. The number of rotatable bonds is 9. The fourth-order valence-corrected chi connectivity index (χ4v) is 2.38. The van der Waals surface area contributed by atoms with Crippen LogP contribution in [0.2, 0.25) is 0 Å². The molecule has 1 atom stereocenters. The Labute approximate surface area is 127 Å². The van der Waals surface area contributed by atoms with Crippen LogP contribution in [0.3, 0.4) is 0 Å². The van der Waals surface area contributed by atoms with Crippen LogP contribution in [0.15, 0.2) is 42.7 Å². The van der Waals surface area contributed by atoms with Gasteiger partial charge in [-0.2, -0.15) is 0 Å². The summed E-state index contributed by atoms with van der Waals surface area (Å²) in [5, 5.41) is 3.39. The Bertz CT molecular complexity index is 510. The van der Waals surface area contributed by atoms with Crippen molar-refractivity contribution in [3.05, 3.63) is 48.3 Å². The quantitative estimate of drug-likeness (QED) is 0.717. The molecule has 4 nitrogen and oxygen atoms in total. The predicted octanol–water partition coefficient (Wildman–Crippen LogP) is 3.53. The summed E-state index contributed by atoms with van der Waals surface area (Å²) in [5.41, 5.74) is 1.35. The second-order valence-corrected chi connectivity index (χ2v) is 5.17. The Morgan fingerprint density at radius 2 is 2.10 bits per heavy atom. The third-order valence-electron chi connectivity index (χ3n) is 3.47. The Morgan fingerprint density at radius 1 is 1.29 bits per heavy atom. The molecule has 0 spiro atoms. The zero-order valence-electron chi connectivity index (χ0n) is 13.0. The van der Waals surface area contributed by atoms with Gasteiger partial charge in [0.2, 0.25) is 5.95 Å². The number of hydrogen-bond donors (Lipinski definition) is 1. The van der Waals surface area contributed by atoms with E-state index < -0.39 is 0 Å². The number of benzene rings is 1. The molecule has 0 aliphatic heterocycles. The first-order valence-corrected chi connectivity index (χ1v) is 7.69. The van der Waals surface area contributed by atoms with Crippen LogP contribution in [0.1, 0.15) is 31.9 Å². The number of nitrogens with one attached hydrogen (secondary N) is 1. The van der Waals surface area contributed by atoms with Gasteiger partial charge < -0.3 is 14.6 Å². The third-order valence-corrected chi connectivity index (χ3v) is 3.47. The molecule has 1 N–H and O–H groups in total. The van der Waals surface area contributed by atoms with Crippen LogP contribution in [0.5, 0.6) is 0 Å². The fourth-order valence-electron chi connectivity index (χ4n) is 2.38. The van der Waals surface area contributed by atoms with Crippen molar-refractivity contribution in [3.8, 4) is 0 Å². The average Bonchev–Trinajstić information content (AvgIpc) is 2.96. The van der Waals surface area contributed by atoms with Crippen LogP contribution in [0.4, 0.5) is 5.95 Å². The first-order chi connectivity index (χ1) is 10.3. The first-order valence-electron chi connectivity index (χ1n) is 7.69. The Balaban J connectivity index is 1.87. The molecule has 4 heteroatoms. The fraction of sp³-hybridized carbons (Fsp3) is 0.471. The molecule has 0 saturated heterocycles. The van der Waals surface area contributed by atoms with Gasteiger partial charge in [-0.25, -0.2) is 4.98 Å². The molecule has 0 aliphatic rings. The van der Waals surface area contributed by atoms with Gasteiger partial charge in [0.25, 0.3) is 0 Å². The van der Waals surface area contributed by atoms with Gasteiger partial charge in [-0.3, -0.25) is 0 Å². The van der Waals surface area contributed by atoms with Crippen LogP contribution < -0.4 is 5.32 Å². The van der Waals surface area contributed by atoms with Crippen LogP contribution in [-0.4, -0.2) is 29.3 Å². The van der Waals surface area contributed by atoms with E-state index in [9.17, 15) is 0 Å². The lowest BCUT2D eigenvalue weighted by molar-refractivity contribution is 0.147. The maximum Gasteiger partial charge on any atom is 0.203 e. The van der Waals surface area contributed by atoms with Crippen LogP contribution in [-0.2, 0) is 11.2 Å². The second kappa shape index (κ2) is 8.47. The monoisotopic (exact) mass is 287 g/mol. The molecule has 0 aliphatic carbocycles. The zero-order chi connectivity index (χ0) is 14.9. The van der Waals surface area contributed by atoms with Crippen LogP contribution in [0, 0.1) is 0 Å². The van der Waals surface area contributed by atoms with Gasteiger partial charge in [0.1, 0.15) is 0 Å². The van der Waals surface area contributed by atoms with Crippen molar-refractivity contribution < 1.29 is 4.74 Å². The highest BCUT2D eigenvalue weighted by molar-refractivity contribution is 5.27. The van der Waals surface area contributed by atoms with E-state index in [0.717, 1.165) is 38.5 Å². The number of anilines is 1. The molecule has 1 unspecified atom stereocenters. The highest BCUT2D eigenvalue weighted by Crippen LogP contribution is 2.18. The third kappa shape index (κ3) is 4.90. The minimum atomic E-state index is 0.379. The second-order valence-electron chi connectivity index (χ2n) is 5.17. The molecule has 0 saturated carbocycles. The molecule has 21 heavy (non-hydrogen) atoms. The molecule has 0 amide bonds. The number of aromatic nitrogens is 2. The summed E-state index contributed by atoms with van der Waals surface area (Å²) in [7, 11) is 0. The van der Waals surface area contributed by atoms with Crippen molar-refractivity contribution in [2.75, 3.05) is 25.1 Å². The van der Waals surface area contributed by atoms with Gasteiger partial charge in [-0.1, -0.05) is 30.3 Å². The summed E-state index contributed by atoms with van der Waals surface area (Å²) in [5.74, 6) is 0.940. The molecule has 0 radical (unpaired) electrons. The molecule has 1 aromatic carbocycles. The molecule has 2 rings (SSSR count). The van der Waals surface area contributed by atoms with Crippen molar-refractivity contribution in [2.24, 2.45) is 0 Å². The normalized spacial score (nSPS) is 12.3. The van der Waals surface area contributed by atoms with Gasteiger partial charge in [0.05, 0.1) is 0 Å². The van der Waals surface area contributed by atoms with Gasteiger partial charge in [0.15, 0.2) is 0 Å². The summed E-state index contributed by atoms with van der Waals surface area (Å²) < 4.78 is 7.54. The van der Waals surface area contributed by atoms with Gasteiger partial charge in [-0.05, 0) is 32.3 Å². The maximum atomic E-state index is 5.34. The smallest absolute Gasteiger partial charge is 0.203 e. The highest BCUT2D eigenvalue weighted by atomic mass is 16.5. The topological polar surface area (TPSA) is 39.1 Å². The molecule has 1 heterocycles. The Hall–Kier alpha value is -1.81. The van der Waals surface area contributed by atoms with E-state index in [0.29, 0.717) is 6.04 Å². The van der Waals surface area contributed by atoms with Crippen molar-refractivity contribution in [3.63, 3.8) is 0 Å². The minimum absolute atomic E-state index is 0.379. The molecule has 114 valence electrons. The molecular weight excluding hydrogens is 262 g/mol. The zero-order valence-corrected chi connectivity index (χ0v) is 13.0. The van der Waals surface area contributed by atoms with Crippen LogP contribution in [0.25, 0.3) is 0 Å². The van der Waals surface area contributed by atoms with E-state index in [4.69, 9.17) is 4.74 Å². The number of nitrogens with zero attached hydrogens (tertiary/aromatic N) is 2. The molecule has 0 fully saturated rings. The summed E-state index contributed by atoms with van der Waals surface area (Å²) in [6, 6.07) is 10.9. The van der Waals surface area contributed by atoms with E-state index in [-0.39, 0.29) is 0 Å². The van der Waals surface area contributed by atoms with Crippen LogP contribution >= 0.6 is 0 Å². The Morgan fingerprint density at radius 3 is 2.86 bits per heavy atom. The van der Waals surface area contributed by atoms with E-state index >= 15 is 0 Å². The van der Waals surface area contributed by atoms with E-state index in [1.54, 1.807) is 0 Å². The van der Waals surface area contributed by atoms with Gasteiger partial charge in [-0.15, -0.1) is 0 Å². The van der Waals surface area contributed by atoms with E-state index in [2.05, 4.69) is 52.1 Å². The average molecular weight is 287 g/mol. The largest absolute Gasteiger partial charge is 0.382 e. The summed E-state index contributed by atoms with van der Waals surface area (Å²) in [6.45, 7) is 6.70. The lowest BCUT2D eigenvalue weighted by Gasteiger charge is -2.17. The molecule has 2 aromatic rings. The number of hydrogen-bond acceptors (Lipinski definition) is 3. The summed E-state index contributed by atoms with van der Waals surface area (Å²) in [4.78, 5) is 4.41. The molecule has 1 aromatic heterocycles. The summed E-state index contributed by atoms with van der Waals surface area (Å²) >= 11 is 0. The first kappa shape index (κ1) is 15.6. The lowest BCUT2D eigenvalue weighted by atomic mass is 10.1. The van der Waals surface area contributed by atoms with Crippen molar-refractivity contribution in [1.29, 1.82) is 0 Å². The van der Waals surface area contributed by atoms with E-state index in [1.165, 1.54) is 5.56 Å². The Kier molecular flexibility index (Phi) is 6.28. The number of ether oxygens (including phenoxy) is 1. The molecule has 0 bridgehead atoms. The van der Waals surface area contributed by atoms with Crippen molar-refractivity contribution >= 4 is 5.95 Å².